The van der Waals surface area contributed by atoms with Crippen molar-refractivity contribution in [2.45, 2.75) is 13.3 Å². The van der Waals surface area contributed by atoms with E-state index in [4.69, 9.17) is 5.11 Å². The van der Waals surface area contributed by atoms with Gasteiger partial charge in [-0.15, -0.1) is 0 Å². The molecule has 0 atom stereocenters. The predicted octanol–water partition coefficient (Wildman–Crippen LogP) is 0.851. The topological polar surface area (TPSA) is 37.3 Å². The third-order valence-corrected chi connectivity index (χ3v) is 0.545. The summed E-state index contributed by atoms with van der Waals surface area (Å²) in [5.41, 5.74) is 0. The highest BCUT2D eigenvalue weighted by atomic mass is 32.1. The van der Waals surface area contributed by atoms with Crippen LogP contribution >= 0.6 is 12.2 Å². The third kappa shape index (κ3) is 5.56. The first kappa shape index (κ1) is 6.56. The van der Waals surface area contributed by atoms with Gasteiger partial charge in [0, 0.05) is 4.86 Å². The molecule has 0 aliphatic carbocycles. The average Bonchev–Trinajstić information content (AvgIpc) is 1.27. The fourth-order valence-electron chi connectivity index (χ4n) is 0.213. The Hall–Kier alpha value is -0.440. The molecule has 0 rings (SSSR count). The number of rotatable bonds is 2. The zero-order valence-electron chi connectivity index (χ0n) is 3.97. The lowest BCUT2D eigenvalue weighted by Crippen LogP contribution is -1.99. The normalized spacial score (nSPS) is 8.14. The van der Waals surface area contributed by atoms with Gasteiger partial charge in [-0.2, -0.15) is 0 Å². The molecule has 0 saturated carbocycles. The maximum Gasteiger partial charge on any atom is 0.308 e. The van der Waals surface area contributed by atoms with Gasteiger partial charge in [0.1, 0.15) is 0 Å². The van der Waals surface area contributed by atoms with Crippen LogP contribution in [0.3, 0.4) is 0 Å². The van der Waals surface area contributed by atoms with Crippen molar-refractivity contribution in [1.29, 1.82) is 0 Å². The molecule has 0 bridgehead atoms. The molecule has 0 aliphatic rings. The molecule has 0 saturated heterocycles. The Bertz CT molecular complexity index is 85.9. The van der Waals surface area contributed by atoms with Gasteiger partial charge in [0.05, 0.1) is 6.42 Å². The summed E-state index contributed by atoms with van der Waals surface area (Å²) in [6, 6.07) is 0. The largest absolute Gasteiger partial charge is 0.481 e. The van der Waals surface area contributed by atoms with Gasteiger partial charge in [-0.1, -0.05) is 12.2 Å². The number of hydrogen-bond donors (Lipinski definition) is 1. The lowest BCUT2D eigenvalue weighted by Gasteiger charge is -1.84. The van der Waals surface area contributed by atoms with Crippen molar-refractivity contribution < 1.29 is 9.90 Å². The van der Waals surface area contributed by atoms with Crippen LogP contribution in [0.5, 0.6) is 0 Å². The quantitative estimate of drug-likeness (QED) is 0.546. The third-order valence-electron chi connectivity index (χ3n) is 0.400. The maximum absolute atomic E-state index is 9.72. The minimum atomic E-state index is -0.854. The van der Waals surface area contributed by atoms with Crippen LogP contribution in [0.2, 0.25) is 0 Å². The number of thiocarbonyl (C=S) groups is 1. The summed E-state index contributed by atoms with van der Waals surface area (Å²) in [6.07, 6.45) is 0.00926. The second-order valence-corrected chi connectivity index (χ2v) is 1.97. The van der Waals surface area contributed by atoms with Crippen LogP contribution in [-0.2, 0) is 4.79 Å². The van der Waals surface area contributed by atoms with E-state index < -0.39 is 5.97 Å². The van der Waals surface area contributed by atoms with E-state index in [1.165, 1.54) is 0 Å². The molecule has 0 unspecified atom stereocenters. The number of carboxylic acids is 1. The van der Waals surface area contributed by atoms with E-state index in [-0.39, 0.29) is 6.42 Å². The molecule has 3 heteroatoms. The van der Waals surface area contributed by atoms with E-state index in [2.05, 4.69) is 12.2 Å². The van der Waals surface area contributed by atoms with Gasteiger partial charge < -0.3 is 5.11 Å². The lowest BCUT2D eigenvalue weighted by molar-refractivity contribution is -0.135. The fourth-order valence-corrected chi connectivity index (χ4v) is 0.336. The molecule has 7 heavy (non-hydrogen) atoms. The number of carbonyl (C=O) groups is 1. The predicted molar refractivity (Wildman–Crippen MR) is 30.5 cm³/mol. The van der Waals surface area contributed by atoms with Crippen molar-refractivity contribution in [1.82, 2.24) is 0 Å². The minimum absolute atomic E-state index is 0.00926. The van der Waals surface area contributed by atoms with Gasteiger partial charge >= 0.3 is 5.97 Å². The van der Waals surface area contributed by atoms with Crippen LogP contribution in [0.15, 0.2) is 0 Å². The zero-order chi connectivity index (χ0) is 5.86. The Balaban J connectivity index is 3.32. The highest BCUT2D eigenvalue weighted by Gasteiger charge is 1.94. The Morgan fingerprint density at radius 3 is 2.29 bits per heavy atom. The lowest BCUT2D eigenvalue weighted by atomic mass is 10.3. The van der Waals surface area contributed by atoms with Gasteiger partial charge in [-0.3, -0.25) is 4.79 Å². The molecule has 1 N–H and O–H groups in total. The van der Waals surface area contributed by atoms with Crippen molar-refractivity contribution in [3.05, 3.63) is 0 Å². The molecule has 0 spiro atoms. The molecule has 0 aromatic heterocycles. The number of hydrogen-bond acceptors (Lipinski definition) is 2. The van der Waals surface area contributed by atoms with Gasteiger partial charge in [0.15, 0.2) is 0 Å². The van der Waals surface area contributed by atoms with Crippen molar-refractivity contribution in [2.24, 2.45) is 0 Å². The van der Waals surface area contributed by atoms with Crippen LogP contribution in [-0.4, -0.2) is 15.9 Å². The van der Waals surface area contributed by atoms with Crippen molar-refractivity contribution in [3.63, 3.8) is 0 Å². The van der Waals surface area contributed by atoms with Gasteiger partial charge in [0.25, 0.3) is 0 Å². The monoisotopic (exact) mass is 118 g/mol. The van der Waals surface area contributed by atoms with Crippen LogP contribution in [0.1, 0.15) is 13.3 Å². The van der Waals surface area contributed by atoms with E-state index in [9.17, 15) is 4.79 Å². The molecule has 0 heterocycles. The first-order valence-electron chi connectivity index (χ1n) is 1.84. The summed E-state index contributed by atoms with van der Waals surface area (Å²) in [5, 5.41) is 8.00. The molecule has 0 fully saturated rings. The number of aliphatic carboxylic acids is 1. The van der Waals surface area contributed by atoms with Gasteiger partial charge in [-0.05, 0) is 6.92 Å². The molecule has 0 amide bonds. The Kier molecular flexibility index (Phi) is 2.52. The first-order valence-corrected chi connectivity index (χ1v) is 2.25. The van der Waals surface area contributed by atoms with E-state index >= 15 is 0 Å². The molecule has 40 valence electrons. The molecule has 0 aromatic rings. The van der Waals surface area contributed by atoms with E-state index in [0.29, 0.717) is 4.86 Å². The Morgan fingerprint density at radius 2 is 2.29 bits per heavy atom. The molecule has 0 aromatic carbocycles. The summed E-state index contributed by atoms with van der Waals surface area (Å²) in [6.45, 7) is 1.61. The van der Waals surface area contributed by atoms with E-state index in [1.54, 1.807) is 6.92 Å². The molecular weight excluding hydrogens is 112 g/mol. The second kappa shape index (κ2) is 2.69. The summed E-state index contributed by atoms with van der Waals surface area (Å²) in [5.74, 6) is -0.854. The van der Waals surface area contributed by atoms with Crippen LogP contribution in [0, 0.1) is 0 Å². The Morgan fingerprint density at radius 1 is 1.86 bits per heavy atom. The standard InChI is InChI=1S/C4H6O2S/c1-3(7)2-4(5)6/h2H2,1H3,(H,5,6). The first-order chi connectivity index (χ1) is 3.13. The average molecular weight is 118 g/mol. The summed E-state index contributed by atoms with van der Waals surface area (Å²) < 4.78 is 0. The van der Waals surface area contributed by atoms with Gasteiger partial charge in [-0.25, -0.2) is 0 Å². The van der Waals surface area contributed by atoms with E-state index in [1.807, 2.05) is 0 Å². The zero-order valence-corrected chi connectivity index (χ0v) is 4.79. The van der Waals surface area contributed by atoms with Crippen LogP contribution in [0.4, 0.5) is 0 Å². The summed E-state index contributed by atoms with van der Waals surface area (Å²) >= 11 is 4.49. The minimum Gasteiger partial charge on any atom is -0.481 e. The van der Waals surface area contributed by atoms with Gasteiger partial charge in [0.2, 0.25) is 0 Å². The second-order valence-electron chi connectivity index (χ2n) is 1.27. The molecule has 0 radical (unpaired) electrons. The van der Waals surface area contributed by atoms with Crippen LogP contribution in [0.25, 0.3) is 0 Å². The number of carboxylic acid groups (broad SMARTS) is 1. The van der Waals surface area contributed by atoms with Crippen molar-refractivity contribution in [3.8, 4) is 0 Å². The fraction of sp³-hybridized carbons (Fsp3) is 0.500. The summed E-state index contributed by atoms with van der Waals surface area (Å²) in [4.78, 5) is 10.2. The smallest absolute Gasteiger partial charge is 0.308 e. The van der Waals surface area contributed by atoms with Crippen molar-refractivity contribution >= 4 is 23.1 Å². The Labute approximate surface area is 47.1 Å². The van der Waals surface area contributed by atoms with E-state index in [0.717, 1.165) is 0 Å². The highest BCUT2D eigenvalue weighted by molar-refractivity contribution is 7.80. The maximum atomic E-state index is 9.72. The van der Waals surface area contributed by atoms with Crippen molar-refractivity contribution in [2.75, 3.05) is 0 Å². The van der Waals surface area contributed by atoms with Crippen LogP contribution < -0.4 is 0 Å². The summed E-state index contributed by atoms with van der Waals surface area (Å²) in [7, 11) is 0. The molecule has 2 nitrogen and oxygen atoms in total. The molecular formula is C4H6O2S. The highest BCUT2D eigenvalue weighted by Crippen LogP contribution is 1.82. The SMILES string of the molecule is CC(=S)CC(=O)O. The molecule has 0 aliphatic heterocycles.